The van der Waals surface area contributed by atoms with Crippen molar-refractivity contribution in [1.82, 2.24) is 0 Å². The van der Waals surface area contributed by atoms with Gasteiger partial charge in [0, 0.05) is 8.95 Å². The van der Waals surface area contributed by atoms with Gasteiger partial charge in [-0.15, -0.1) is 0 Å². The first-order valence-electron chi connectivity index (χ1n) is 7.76. The third-order valence-corrected chi connectivity index (χ3v) is 5.04. The molecule has 0 unspecified atom stereocenters. The fourth-order valence-electron chi connectivity index (χ4n) is 2.20. The second kappa shape index (κ2) is 8.74. The number of hydrogen-bond donors (Lipinski definition) is 0. The second-order valence-corrected chi connectivity index (χ2v) is 7.52. The Hall–Kier alpha value is -1.00. The quantitative estimate of drug-likeness (QED) is 0.506. The highest BCUT2D eigenvalue weighted by Gasteiger charge is 2.07. The molecule has 0 aliphatic carbocycles. The van der Waals surface area contributed by atoms with Crippen LogP contribution in [0.1, 0.15) is 31.4 Å². The average molecular weight is 442 g/mol. The van der Waals surface area contributed by atoms with Crippen LogP contribution in [0, 0.1) is 5.92 Å². The van der Waals surface area contributed by atoms with Gasteiger partial charge in [-0.2, -0.15) is 0 Å². The lowest BCUT2D eigenvalue weighted by Crippen LogP contribution is -2.07. The van der Waals surface area contributed by atoms with Crippen LogP contribution in [0.3, 0.4) is 0 Å². The molecule has 124 valence electrons. The van der Waals surface area contributed by atoms with E-state index >= 15 is 0 Å². The number of halogens is 2. The van der Waals surface area contributed by atoms with Crippen LogP contribution in [0.25, 0.3) is 0 Å². The first-order valence-corrected chi connectivity index (χ1v) is 9.35. The van der Waals surface area contributed by atoms with Gasteiger partial charge in [0.15, 0.2) is 0 Å². The Morgan fingerprint density at radius 1 is 1.04 bits per heavy atom. The maximum atomic E-state index is 5.93. The van der Waals surface area contributed by atoms with E-state index in [0.717, 1.165) is 39.9 Å². The summed E-state index contributed by atoms with van der Waals surface area (Å²) in [5, 5.41) is 0. The molecule has 0 aliphatic rings. The standard InChI is InChI=1S/C19H22Br2O2/c1-4-13(2)12-23-18-9-14(8-16(20)11-18)7-15-10-17(22-3)5-6-19(15)21/h5-6,8-11,13H,4,7,12H2,1-3H3/t13-/m0/s1. The third kappa shape index (κ3) is 5.54. The smallest absolute Gasteiger partial charge is 0.120 e. The molecule has 0 spiro atoms. The Kier molecular flexibility index (Phi) is 6.97. The maximum Gasteiger partial charge on any atom is 0.120 e. The summed E-state index contributed by atoms with van der Waals surface area (Å²) in [6.45, 7) is 5.13. The van der Waals surface area contributed by atoms with Crippen molar-refractivity contribution in [3.8, 4) is 11.5 Å². The molecule has 0 fully saturated rings. The lowest BCUT2D eigenvalue weighted by Gasteiger charge is -2.13. The minimum absolute atomic E-state index is 0.560. The Bertz CT molecular complexity index is 656. The van der Waals surface area contributed by atoms with Crippen LogP contribution in [0.2, 0.25) is 0 Å². The van der Waals surface area contributed by atoms with E-state index in [0.29, 0.717) is 5.92 Å². The van der Waals surface area contributed by atoms with E-state index in [-0.39, 0.29) is 0 Å². The van der Waals surface area contributed by atoms with Crippen LogP contribution >= 0.6 is 31.9 Å². The van der Waals surface area contributed by atoms with Crippen LogP contribution in [-0.2, 0) is 6.42 Å². The lowest BCUT2D eigenvalue weighted by molar-refractivity contribution is 0.256. The van der Waals surface area contributed by atoms with Crippen molar-refractivity contribution >= 4 is 31.9 Å². The van der Waals surface area contributed by atoms with Crippen LogP contribution in [0.4, 0.5) is 0 Å². The molecule has 2 rings (SSSR count). The Labute approximate surface area is 155 Å². The lowest BCUT2D eigenvalue weighted by atomic mass is 10.0. The predicted octanol–water partition coefficient (Wildman–Crippen LogP) is 6.24. The second-order valence-electron chi connectivity index (χ2n) is 5.75. The summed E-state index contributed by atoms with van der Waals surface area (Å²) in [6, 6.07) is 12.3. The maximum absolute atomic E-state index is 5.93. The van der Waals surface area contributed by atoms with E-state index in [1.807, 2.05) is 18.2 Å². The number of hydrogen-bond acceptors (Lipinski definition) is 2. The molecule has 0 N–H and O–H groups in total. The van der Waals surface area contributed by atoms with Crippen molar-refractivity contribution in [2.45, 2.75) is 26.7 Å². The zero-order valence-electron chi connectivity index (χ0n) is 13.7. The van der Waals surface area contributed by atoms with Gasteiger partial charge in [-0.25, -0.2) is 0 Å². The van der Waals surface area contributed by atoms with Gasteiger partial charge in [0.2, 0.25) is 0 Å². The van der Waals surface area contributed by atoms with Gasteiger partial charge >= 0.3 is 0 Å². The molecule has 23 heavy (non-hydrogen) atoms. The number of ether oxygens (including phenoxy) is 2. The van der Waals surface area contributed by atoms with Crippen LogP contribution in [-0.4, -0.2) is 13.7 Å². The molecule has 4 heteroatoms. The van der Waals surface area contributed by atoms with E-state index < -0.39 is 0 Å². The van der Waals surface area contributed by atoms with Crippen molar-refractivity contribution in [2.24, 2.45) is 5.92 Å². The zero-order chi connectivity index (χ0) is 16.8. The molecule has 0 aliphatic heterocycles. The summed E-state index contributed by atoms with van der Waals surface area (Å²) in [5.74, 6) is 2.34. The van der Waals surface area contributed by atoms with Crippen LogP contribution in [0.5, 0.6) is 11.5 Å². The molecule has 0 aromatic heterocycles. The van der Waals surface area contributed by atoms with E-state index in [4.69, 9.17) is 9.47 Å². The van der Waals surface area contributed by atoms with E-state index in [9.17, 15) is 0 Å². The summed E-state index contributed by atoms with van der Waals surface area (Å²) in [5.41, 5.74) is 2.39. The topological polar surface area (TPSA) is 18.5 Å². The minimum atomic E-state index is 0.560. The number of rotatable bonds is 7. The van der Waals surface area contributed by atoms with Crippen molar-refractivity contribution < 1.29 is 9.47 Å². The van der Waals surface area contributed by atoms with Crippen LogP contribution < -0.4 is 9.47 Å². The fraction of sp³-hybridized carbons (Fsp3) is 0.368. The molecule has 2 nitrogen and oxygen atoms in total. The first kappa shape index (κ1) is 18.3. The van der Waals surface area contributed by atoms with Crippen molar-refractivity contribution in [1.29, 1.82) is 0 Å². The van der Waals surface area contributed by atoms with Crippen LogP contribution in [0.15, 0.2) is 45.3 Å². The van der Waals surface area contributed by atoms with E-state index in [1.54, 1.807) is 7.11 Å². The summed E-state index contributed by atoms with van der Waals surface area (Å²) in [7, 11) is 1.69. The van der Waals surface area contributed by atoms with Crippen molar-refractivity contribution in [2.75, 3.05) is 13.7 Å². The van der Waals surface area contributed by atoms with Crippen molar-refractivity contribution in [3.63, 3.8) is 0 Å². The summed E-state index contributed by atoms with van der Waals surface area (Å²) < 4.78 is 13.4. The SMILES string of the molecule is CC[C@H](C)COc1cc(Br)cc(Cc2cc(OC)ccc2Br)c1. The van der Waals surface area contributed by atoms with Gasteiger partial charge in [0.25, 0.3) is 0 Å². The zero-order valence-corrected chi connectivity index (χ0v) is 16.9. The molecule has 0 saturated heterocycles. The minimum Gasteiger partial charge on any atom is -0.497 e. The van der Waals surface area contributed by atoms with Gasteiger partial charge in [-0.1, -0.05) is 52.1 Å². The predicted molar refractivity (Wildman–Crippen MR) is 103 cm³/mol. The largest absolute Gasteiger partial charge is 0.497 e. The monoisotopic (exact) mass is 440 g/mol. The Balaban J connectivity index is 2.18. The van der Waals surface area contributed by atoms with Gasteiger partial charge in [0.05, 0.1) is 13.7 Å². The summed E-state index contributed by atoms with van der Waals surface area (Å²) in [6.07, 6.45) is 1.94. The van der Waals surface area contributed by atoms with Gasteiger partial charge < -0.3 is 9.47 Å². The Morgan fingerprint density at radius 3 is 2.52 bits per heavy atom. The van der Waals surface area contributed by atoms with Gasteiger partial charge in [0.1, 0.15) is 11.5 Å². The van der Waals surface area contributed by atoms with E-state index in [1.165, 1.54) is 11.1 Å². The highest BCUT2D eigenvalue weighted by molar-refractivity contribution is 9.10. The molecular weight excluding hydrogens is 420 g/mol. The highest BCUT2D eigenvalue weighted by atomic mass is 79.9. The highest BCUT2D eigenvalue weighted by Crippen LogP contribution is 2.28. The molecule has 0 amide bonds. The van der Waals surface area contributed by atoms with E-state index in [2.05, 4.69) is 63.9 Å². The average Bonchev–Trinajstić information content (AvgIpc) is 2.54. The molecule has 2 aromatic rings. The summed E-state index contributed by atoms with van der Waals surface area (Å²) >= 11 is 7.20. The number of methoxy groups -OCH3 is 1. The molecule has 0 bridgehead atoms. The molecule has 0 heterocycles. The normalized spacial score (nSPS) is 12.0. The fourth-order valence-corrected chi connectivity index (χ4v) is 3.10. The summed E-state index contributed by atoms with van der Waals surface area (Å²) in [4.78, 5) is 0. The van der Waals surface area contributed by atoms with Gasteiger partial charge in [-0.05, 0) is 59.9 Å². The molecule has 1 atom stereocenters. The molecule has 0 radical (unpaired) electrons. The third-order valence-electron chi connectivity index (χ3n) is 3.81. The molecular formula is C19H22Br2O2. The first-order chi connectivity index (χ1) is 11.0. The van der Waals surface area contributed by atoms with Gasteiger partial charge in [-0.3, -0.25) is 0 Å². The number of benzene rings is 2. The van der Waals surface area contributed by atoms with Crippen molar-refractivity contribution in [3.05, 3.63) is 56.5 Å². The molecule has 2 aromatic carbocycles. The Morgan fingerprint density at radius 2 is 1.83 bits per heavy atom. The molecule has 0 saturated carbocycles.